The summed E-state index contributed by atoms with van der Waals surface area (Å²) in [5.74, 6) is -1.07. The van der Waals surface area contributed by atoms with Crippen LogP contribution in [0.1, 0.15) is 20.3 Å². The lowest BCUT2D eigenvalue weighted by molar-refractivity contribution is -0.169. The highest BCUT2D eigenvalue weighted by atomic mass is 31.3. The van der Waals surface area contributed by atoms with Crippen LogP contribution in [0.4, 0.5) is 4.79 Å². The van der Waals surface area contributed by atoms with E-state index in [-0.39, 0.29) is 6.42 Å². The molecule has 1 saturated carbocycles. The minimum Gasteiger partial charge on any atom is -0.370 e. The zero-order valence-corrected chi connectivity index (χ0v) is 20.3. The molecule has 1 saturated heterocycles. The number of carbonyl (C=O) groups is 1. The third-order valence-corrected chi connectivity index (χ3v) is 9.23. The fourth-order valence-electron chi connectivity index (χ4n) is 3.65. The monoisotopic (exact) mass is 538 g/mol. The van der Waals surface area contributed by atoms with Crippen LogP contribution in [0.15, 0.2) is 12.3 Å². The molecular formula is C14H25N2O14P3. The number of aliphatic hydroxyl groups is 1. The first-order valence-electron chi connectivity index (χ1n) is 9.41. The Morgan fingerprint density at radius 3 is 2.39 bits per heavy atom. The van der Waals surface area contributed by atoms with Crippen LogP contribution in [0.5, 0.6) is 0 Å². The minimum atomic E-state index is -5.49. The van der Waals surface area contributed by atoms with E-state index in [0.29, 0.717) is 7.11 Å². The molecule has 8 atom stereocenters. The van der Waals surface area contributed by atoms with Crippen LogP contribution in [0, 0.1) is 0 Å². The number of ether oxygens (including phenoxy) is 3. The maximum Gasteiger partial charge on any atom is 0.488 e. The maximum absolute atomic E-state index is 12.3. The molecule has 2 heterocycles. The lowest BCUT2D eigenvalue weighted by Gasteiger charge is -2.33. The van der Waals surface area contributed by atoms with Gasteiger partial charge in [0.15, 0.2) is 5.79 Å². The number of hydrogen-bond acceptors (Lipinski definition) is 11. The van der Waals surface area contributed by atoms with Gasteiger partial charge in [-0.1, -0.05) is 0 Å². The Hall–Kier alpha value is -0.700. The Bertz CT molecular complexity index is 942. The van der Waals surface area contributed by atoms with E-state index >= 15 is 0 Å². The second-order valence-corrected chi connectivity index (χ2v) is 12.8. The Kier molecular flexibility index (Phi) is 7.66. The molecule has 16 nitrogen and oxygen atoms in total. The van der Waals surface area contributed by atoms with Gasteiger partial charge in [0.1, 0.15) is 24.8 Å². The van der Waals surface area contributed by atoms with Crippen molar-refractivity contribution in [3.8, 4) is 0 Å². The Morgan fingerprint density at radius 2 is 1.79 bits per heavy atom. The van der Waals surface area contributed by atoms with E-state index in [2.05, 4.69) is 18.5 Å². The van der Waals surface area contributed by atoms with E-state index < -0.39 is 72.0 Å². The minimum absolute atomic E-state index is 0.0715. The summed E-state index contributed by atoms with van der Waals surface area (Å²) in [6.45, 7) is 3.25. The van der Waals surface area contributed by atoms with Crippen LogP contribution >= 0.6 is 23.2 Å². The zero-order valence-electron chi connectivity index (χ0n) is 17.6. The Morgan fingerprint density at radius 1 is 1.15 bits per heavy atom. The van der Waals surface area contributed by atoms with Gasteiger partial charge in [0.25, 0.3) is 0 Å². The van der Waals surface area contributed by atoms with Crippen molar-refractivity contribution in [1.82, 2.24) is 10.2 Å². The molecule has 3 rings (SSSR count). The highest BCUT2D eigenvalue weighted by molar-refractivity contribution is 7.68. The van der Waals surface area contributed by atoms with Crippen molar-refractivity contribution in [3.05, 3.63) is 12.3 Å². The normalized spacial score (nSPS) is 36.5. The summed E-state index contributed by atoms with van der Waals surface area (Å²) >= 11 is 0. The third-order valence-electron chi connectivity index (χ3n) is 4.79. The molecule has 0 aromatic carbocycles. The van der Waals surface area contributed by atoms with Gasteiger partial charge < -0.3 is 39.3 Å². The summed E-state index contributed by atoms with van der Waals surface area (Å²) in [6, 6.07) is -1.25. The number of carbonyl (C=O) groups excluding carboxylic acids is 1. The molecule has 0 radical (unpaired) electrons. The van der Waals surface area contributed by atoms with E-state index in [9.17, 15) is 33.4 Å². The molecule has 1 aliphatic carbocycles. The number of rotatable bonds is 9. The molecule has 2 fully saturated rings. The summed E-state index contributed by atoms with van der Waals surface area (Å²) in [5, 5.41) is 11.8. The molecule has 6 unspecified atom stereocenters. The fourth-order valence-corrected chi connectivity index (χ4v) is 7.20. The topological polar surface area (TPSA) is 220 Å². The van der Waals surface area contributed by atoms with Gasteiger partial charge in [0.2, 0.25) is 0 Å². The van der Waals surface area contributed by atoms with E-state index in [1.807, 2.05) is 0 Å². The van der Waals surface area contributed by atoms with E-state index in [1.165, 1.54) is 17.2 Å². The zero-order chi connectivity index (χ0) is 24.8. The summed E-state index contributed by atoms with van der Waals surface area (Å²) in [5.41, 5.74) is 0. The molecule has 33 heavy (non-hydrogen) atoms. The first-order valence-corrected chi connectivity index (χ1v) is 14.2. The predicted molar refractivity (Wildman–Crippen MR) is 106 cm³/mol. The quantitative estimate of drug-likeness (QED) is 0.253. The first-order chi connectivity index (χ1) is 15.0. The van der Waals surface area contributed by atoms with Gasteiger partial charge in [-0.2, -0.15) is 4.31 Å². The van der Waals surface area contributed by atoms with Gasteiger partial charge in [-0.15, -0.1) is 0 Å². The molecule has 19 heteroatoms. The number of hydrogen-bond donors (Lipinski definition) is 5. The van der Waals surface area contributed by atoms with Gasteiger partial charge in [-0.3, -0.25) is 14.0 Å². The Balaban J connectivity index is 1.69. The summed E-state index contributed by atoms with van der Waals surface area (Å²) in [7, 11) is -14.8. The van der Waals surface area contributed by atoms with Crippen molar-refractivity contribution in [2.24, 2.45) is 0 Å². The number of aliphatic hydroxyl groups excluding tert-OH is 1. The molecule has 190 valence electrons. The van der Waals surface area contributed by atoms with Crippen LogP contribution in [0.25, 0.3) is 0 Å². The van der Waals surface area contributed by atoms with Crippen molar-refractivity contribution in [2.45, 2.75) is 56.6 Å². The number of fused-ring (bicyclic) bond motifs is 1. The van der Waals surface area contributed by atoms with Crippen molar-refractivity contribution in [3.63, 3.8) is 0 Å². The van der Waals surface area contributed by atoms with Gasteiger partial charge in [-0.05, 0) is 26.3 Å². The van der Waals surface area contributed by atoms with Crippen LogP contribution in [0.2, 0.25) is 0 Å². The first kappa shape index (κ1) is 26.9. The largest absolute Gasteiger partial charge is 0.488 e. The van der Waals surface area contributed by atoms with Crippen molar-refractivity contribution >= 4 is 29.3 Å². The Labute approximate surface area is 188 Å². The van der Waals surface area contributed by atoms with E-state index in [4.69, 9.17) is 19.1 Å². The molecule has 0 bridgehead atoms. The van der Waals surface area contributed by atoms with Crippen LogP contribution < -0.4 is 5.32 Å². The standard InChI is InChI=1S/C14H25N2O14P3/c1-14(2)27-11-8(16-5-4-10(17)15-13(16)18)6-9(12(11)28-14)26-7-31(19,20)29-33(23,24)30-32(21,22)25-3/h4-5,8-12,17H,6-7H2,1-3H3,(H,15,18)(H,19,20)(H,21,22)(H,23,24)/t8-,9+,10?,11?,12?/m1/s1. The second-order valence-electron chi connectivity index (χ2n) is 7.77. The van der Waals surface area contributed by atoms with Gasteiger partial charge >= 0.3 is 29.3 Å². The average Bonchev–Trinajstić information content (AvgIpc) is 3.11. The SMILES string of the molecule is COP(=O)(O)OP(=O)(O)OP(=O)(O)CO[C@H]1C[C@@H](N2C=CC(O)NC2=O)C2OC(C)(C)OC21. The average molecular weight is 538 g/mol. The molecule has 0 spiro atoms. The third kappa shape index (κ3) is 6.71. The smallest absolute Gasteiger partial charge is 0.370 e. The van der Waals surface area contributed by atoms with Crippen molar-refractivity contribution < 1.29 is 65.6 Å². The number of phosphoric acid groups is 2. The van der Waals surface area contributed by atoms with Crippen molar-refractivity contribution in [2.75, 3.05) is 13.5 Å². The van der Waals surface area contributed by atoms with Crippen LogP contribution in [0.3, 0.4) is 0 Å². The lowest BCUT2D eigenvalue weighted by Crippen LogP contribution is -2.52. The predicted octanol–water partition coefficient (Wildman–Crippen LogP) is 0.545. The molecule has 2 aliphatic heterocycles. The maximum atomic E-state index is 12.3. The van der Waals surface area contributed by atoms with Gasteiger partial charge in [-0.25, -0.2) is 18.2 Å². The summed E-state index contributed by atoms with van der Waals surface area (Å²) in [6.07, 6.45) is -1.91. The number of amides is 2. The van der Waals surface area contributed by atoms with Crippen LogP contribution in [-0.4, -0.2) is 80.5 Å². The second kappa shape index (κ2) is 9.40. The molecule has 0 aromatic rings. The highest BCUT2D eigenvalue weighted by Crippen LogP contribution is 2.67. The van der Waals surface area contributed by atoms with Gasteiger partial charge in [0, 0.05) is 13.3 Å². The fraction of sp³-hybridized carbons (Fsp3) is 0.786. The van der Waals surface area contributed by atoms with E-state index in [1.54, 1.807) is 13.8 Å². The van der Waals surface area contributed by atoms with Gasteiger partial charge in [0.05, 0.1) is 12.1 Å². The molecular weight excluding hydrogens is 513 g/mol. The number of phosphoric ester groups is 1. The molecule has 5 N–H and O–H groups in total. The molecule has 3 aliphatic rings. The number of urea groups is 1. The van der Waals surface area contributed by atoms with Crippen molar-refractivity contribution in [1.29, 1.82) is 0 Å². The number of nitrogens with one attached hydrogen (secondary N) is 1. The lowest BCUT2D eigenvalue weighted by atomic mass is 10.1. The number of nitrogens with zero attached hydrogens (tertiary/aromatic N) is 1. The summed E-state index contributed by atoms with van der Waals surface area (Å²) < 4.78 is 64.4. The van der Waals surface area contributed by atoms with Crippen LogP contribution in [-0.2, 0) is 41.1 Å². The molecule has 0 aromatic heterocycles. The summed E-state index contributed by atoms with van der Waals surface area (Å²) in [4.78, 5) is 42.1. The highest BCUT2D eigenvalue weighted by Gasteiger charge is 2.57. The van der Waals surface area contributed by atoms with E-state index in [0.717, 1.165) is 0 Å². The molecule has 2 amide bonds.